The monoisotopic (exact) mass is 325 g/mol. The maximum absolute atomic E-state index is 11.0. The van der Waals surface area contributed by atoms with E-state index < -0.39 is 0 Å². The van der Waals surface area contributed by atoms with E-state index in [4.69, 9.17) is 4.74 Å². The molecule has 0 saturated heterocycles. The fourth-order valence-electron chi connectivity index (χ4n) is 2.74. The summed E-state index contributed by atoms with van der Waals surface area (Å²) in [6.07, 6.45) is 11.0. The number of unbranched alkanes of at least 4 members (excludes halogenated alkanes) is 4. The summed E-state index contributed by atoms with van der Waals surface area (Å²) in [7, 11) is 0. The van der Waals surface area contributed by atoms with Crippen molar-refractivity contribution < 1.29 is 9.66 Å². The maximum atomic E-state index is 11.0. The van der Waals surface area contributed by atoms with Crippen LogP contribution >= 0.6 is 0 Å². The van der Waals surface area contributed by atoms with Gasteiger partial charge in [0.05, 0.1) is 12.7 Å². The molecule has 0 radical (unpaired) electrons. The third-order valence-electron chi connectivity index (χ3n) is 4.15. The van der Waals surface area contributed by atoms with Gasteiger partial charge in [-0.15, -0.1) is 0 Å². The van der Waals surface area contributed by atoms with Crippen LogP contribution in [0.25, 0.3) is 0 Å². The van der Waals surface area contributed by atoms with Crippen LogP contribution in [-0.4, -0.2) is 27.2 Å². The van der Waals surface area contributed by atoms with Crippen molar-refractivity contribution in [1.82, 2.24) is 9.55 Å². The second kappa shape index (κ2) is 11.2. The van der Waals surface area contributed by atoms with Crippen LogP contribution in [-0.2, 0) is 11.3 Å². The zero-order valence-corrected chi connectivity index (χ0v) is 14.8. The highest BCUT2D eigenvalue weighted by Gasteiger charge is 2.17. The van der Waals surface area contributed by atoms with E-state index in [9.17, 15) is 10.1 Å². The summed E-state index contributed by atoms with van der Waals surface area (Å²) in [6.45, 7) is 7.18. The van der Waals surface area contributed by atoms with Gasteiger partial charge in [-0.3, -0.25) is 0 Å². The molecule has 0 aliphatic carbocycles. The van der Waals surface area contributed by atoms with Crippen molar-refractivity contribution in [2.24, 2.45) is 0 Å². The molecule has 0 N–H and O–H groups in total. The summed E-state index contributed by atoms with van der Waals surface area (Å²) >= 11 is 0. The highest BCUT2D eigenvalue weighted by atomic mass is 16.6. The van der Waals surface area contributed by atoms with E-state index in [1.807, 2.05) is 0 Å². The number of aryl methyl sites for hydroxylation is 1. The van der Waals surface area contributed by atoms with Crippen molar-refractivity contribution in [2.75, 3.05) is 6.61 Å². The van der Waals surface area contributed by atoms with E-state index in [0.29, 0.717) is 19.0 Å². The Bertz CT molecular complexity index is 450. The van der Waals surface area contributed by atoms with Crippen LogP contribution in [0.4, 0.5) is 5.82 Å². The van der Waals surface area contributed by atoms with Gasteiger partial charge in [-0.25, -0.2) is 9.55 Å². The number of hydrogen-bond acceptors (Lipinski definition) is 4. The average molecular weight is 325 g/mol. The first-order chi connectivity index (χ1) is 11.1. The number of hydrogen-bond donors (Lipinski definition) is 0. The van der Waals surface area contributed by atoms with E-state index in [1.165, 1.54) is 44.7 Å². The molecule has 0 aliphatic rings. The van der Waals surface area contributed by atoms with Gasteiger partial charge in [-0.1, -0.05) is 52.4 Å². The first-order valence-electron chi connectivity index (χ1n) is 8.88. The lowest BCUT2D eigenvalue weighted by Gasteiger charge is -2.17. The minimum atomic E-state index is -0.389. The molecule has 6 nitrogen and oxygen atoms in total. The van der Waals surface area contributed by atoms with Crippen molar-refractivity contribution in [1.29, 1.82) is 0 Å². The van der Waals surface area contributed by atoms with Crippen LogP contribution < -0.4 is 0 Å². The van der Waals surface area contributed by atoms with E-state index in [0.717, 1.165) is 12.8 Å². The zero-order chi connectivity index (χ0) is 17.1. The van der Waals surface area contributed by atoms with Crippen LogP contribution in [0.1, 0.15) is 71.0 Å². The SMILES string of the molecule is CCCCCC(CCCCC)OCCn1c([N+](=O)[O-])cnc1C. The van der Waals surface area contributed by atoms with Gasteiger partial charge in [0.25, 0.3) is 0 Å². The van der Waals surface area contributed by atoms with Crippen molar-refractivity contribution in [3.63, 3.8) is 0 Å². The molecule has 1 heterocycles. The third kappa shape index (κ3) is 7.12. The van der Waals surface area contributed by atoms with Gasteiger partial charge in [0.1, 0.15) is 12.7 Å². The molecule has 1 aromatic heterocycles. The summed E-state index contributed by atoms with van der Waals surface area (Å²) < 4.78 is 7.65. The molecule has 0 aliphatic heterocycles. The summed E-state index contributed by atoms with van der Waals surface area (Å²) in [4.78, 5) is 14.6. The second-order valence-electron chi connectivity index (χ2n) is 6.06. The van der Waals surface area contributed by atoms with Crippen molar-refractivity contribution in [3.05, 3.63) is 22.1 Å². The molecule has 0 aromatic carbocycles. The second-order valence-corrected chi connectivity index (χ2v) is 6.06. The topological polar surface area (TPSA) is 70.2 Å². The van der Waals surface area contributed by atoms with Crippen LogP contribution in [0, 0.1) is 17.0 Å². The highest BCUT2D eigenvalue weighted by molar-refractivity contribution is 5.18. The summed E-state index contributed by atoms with van der Waals surface area (Å²) in [6, 6.07) is 0. The van der Waals surface area contributed by atoms with Crippen LogP contribution in [0.15, 0.2) is 6.20 Å². The van der Waals surface area contributed by atoms with Crippen molar-refractivity contribution >= 4 is 5.82 Å². The first-order valence-corrected chi connectivity index (χ1v) is 8.88. The Morgan fingerprint density at radius 2 is 1.83 bits per heavy atom. The minimum absolute atomic E-state index is 0.0413. The predicted molar refractivity (Wildman–Crippen MR) is 91.6 cm³/mol. The van der Waals surface area contributed by atoms with Gasteiger partial charge in [-0.2, -0.15) is 0 Å². The lowest BCUT2D eigenvalue weighted by molar-refractivity contribution is -0.392. The Labute approximate surface area is 139 Å². The summed E-state index contributed by atoms with van der Waals surface area (Å²) in [5.41, 5.74) is 0. The molecule has 6 heteroatoms. The van der Waals surface area contributed by atoms with Gasteiger partial charge in [0, 0.05) is 6.92 Å². The Morgan fingerprint density at radius 3 is 2.35 bits per heavy atom. The largest absolute Gasteiger partial charge is 0.374 e. The molecular formula is C17H31N3O3. The highest BCUT2D eigenvalue weighted by Crippen LogP contribution is 2.16. The molecule has 0 amide bonds. The molecular weight excluding hydrogens is 294 g/mol. The molecule has 0 saturated carbocycles. The molecule has 23 heavy (non-hydrogen) atoms. The number of aromatic nitrogens is 2. The fraction of sp³-hybridized carbons (Fsp3) is 0.824. The summed E-state index contributed by atoms with van der Waals surface area (Å²) in [5, 5.41) is 11.0. The van der Waals surface area contributed by atoms with E-state index in [2.05, 4.69) is 18.8 Å². The number of ether oxygens (including phenoxy) is 1. The van der Waals surface area contributed by atoms with Gasteiger partial charge in [-0.05, 0) is 17.8 Å². The average Bonchev–Trinajstić information content (AvgIpc) is 2.88. The number of nitro groups is 1. The molecule has 0 fully saturated rings. The Hall–Kier alpha value is -1.43. The molecule has 0 unspecified atom stereocenters. The Kier molecular flexibility index (Phi) is 9.52. The predicted octanol–water partition coefficient (Wildman–Crippen LogP) is 4.65. The summed E-state index contributed by atoms with van der Waals surface area (Å²) in [5.74, 6) is 0.702. The molecule has 1 rings (SSSR count). The van der Waals surface area contributed by atoms with E-state index >= 15 is 0 Å². The van der Waals surface area contributed by atoms with Crippen molar-refractivity contribution in [3.8, 4) is 0 Å². The molecule has 1 aromatic rings. The van der Waals surface area contributed by atoms with Gasteiger partial charge < -0.3 is 14.9 Å². The van der Waals surface area contributed by atoms with Crippen LogP contribution in [0.5, 0.6) is 0 Å². The fourth-order valence-corrected chi connectivity index (χ4v) is 2.74. The zero-order valence-electron chi connectivity index (χ0n) is 14.8. The number of rotatable bonds is 13. The smallest absolute Gasteiger partial charge is 0.342 e. The third-order valence-corrected chi connectivity index (χ3v) is 4.15. The maximum Gasteiger partial charge on any atom is 0.342 e. The van der Waals surface area contributed by atoms with Crippen LogP contribution in [0.2, 0.25) is 0 Å². The minimum Gasteiger partial charge on any atom is -0.374 e. The molecule has 132 valence electrons. The molecule has 0 spiro atoms. The molecule has 0 atom stereocenters. The Morgan fingerprint density at radius 1 is 1.22 bits per heavy atom. The van der Waals surface area contributed by atoms with Crippen molar-refractivity contribution in [2.45, 2.75) is 84.8 Å². The van der Waals surface area contributed by atoms with Gasteiger partial charge in [0.15, 0.2) is 5.82 Å². The van der Waals surface area contributed by atoms with E-state index in [-0.39, 0.29) is 16.8 Å². The quantitative estimate of drug-likeness (QED) is 0.301. The molecule has 0 bridgehead atoms. The first kappa shape index (κ1) is 19.6. The normalized spacial score (nSPS) is 11.3. The van der Waals surface area contributed by atoms with Gasteiger partial charge >= 0.3 is 5.82 Å². The lowest BCUT2D eigenvalue weighted by atomic mass is 10.0. The standard InChI is InChI=1S/C17H31N3O3/c1-4-6-8-10-16(11-9-7-5-2)23-13-12-19-15(3)18-14-17(19)20(21)22/h14,16H,4-13H2,1-3H3. The Balaban J connectivity index is 2.46. The lowest BCUT2D eigenvalue weighted by Crippen LogP contribution is -2.18. The van der Waals surface area contributed by atoms with E-state index in [1.54, 1.807) is 11.5 Å². The number of nitrogens with zero attached hydrogens (tertiary/aromatic N) is 3. The van der Waals surface area contributed by atoms with Gasteiger partial charge in [0.2, 0.25) is 0 Å². The number of imidazole rings is 1. The van der Waals surface area contributed by atoms with Crippen LogP contribution in [0.3, 0.4) is 0 Å².